The lowest BCUT2D eigenvalue weighted by Gasteiger charge is -2.10. The summed E-state index contributed by atoms with van der Waals surface area (Å²) in [7, 11) is 0. The highest BCUT2D eigenvalue weighted by molar-refractivity contribution is 6.32. The summed E-state index contributed by atoms with van der Waals surface area (Å²) in [6.07, 6.45) is 3.01. The summed E-state index contributed by atoms with van der Waals surface area (Å²) in [5.74, 6) is 0.841. The summed E-state index contributed by atoms with van der Waals surface area (Å²) in [5, 5.41) is 6.53. The molecular weight excluding hydrogens is 339 g/mol. The van der Waals surface area contributed by atoms with E-state index in [2.05, 4.69) is 20.6 Å². The molecule has 2 heterocycles. The monoisotopic (exact) mass is 354 g/mol. The lowest BCUT2D eigenvalue weighted by atomic mass is 10.3. The molecule has 0 spiro atoms. The normalized spacial score (nSPS) is 10.2. The molecule has 0 aliphatic heterocycles. The minimum atomic E-state index is -0.114. The summed E-state index contributed by atoms with van der Waals surface area (Å²) in [4.78, 5) is 19.7. The SMILES string of the molecule is CCNC(=O)CNc1cc(OCc2ccc(Cl)cn2)c(Cl)cn1. The minimum Gasteiger partial charge on any atom is -0.486 e. The van der Waals surface area contributed by atoms with Crippen molar-refractivity contribution >= 4 is 34.9 Å². The second-order valence-corrected chi connectivity index (χ2v) is 5.41. The van der Waals surface area contributed by atoms with Gasteiger partial charge in [0.15, 0.2) is 0 Å². The molecule has 0 saturated carbocycles. The number of carbonyl (C=O) groups is 1. The molecule has 122 valence electrons. The van der Waals surface area contributed by atoms with Crippen molar-refractivity contribution in [2.75, 3.05) is 18.4 Å². The van der Waals surface area contributed by atoms with Gasteiger partial charge >= 0.3 is 0 Å². The fourth-order valence-electron chi connectivity index (χ4n) is 1.70. The van der Waals surface area contributed by atoms with Crippen LogP contribution in [0.15, 0.2) is 30.6 Å². The number of halogens is 2. The molecule has 0 aliphatic rings. The Labute approximate surface area is 144 Å². The van der Waals surface area contributed by atoms with Crippen molar-refractivity contribution < 1.29 is 9.53 Å². The van der Waals surface area contributed by atoms with Gasteiger partial charge in [0.25, 0.3) is 0 Å². The van der Waals surface area contributed by atoms with E-state index in [1.165, 1.54) is 6.20 Å². The average Bonchev–Trinajstić information content (AvgIpc) is 2.54. The van der Waals surface area contributed by atoms with Crippen molar-refractivity contribution in [2.45, 2.75) is 13.5 Å². The molecule has 0 atom stereocenters. The maximum absolute atomic E-state index is 11.4. The molecule has 0 bridgehead atoms. The molecule has 0 unspecified atom stereocenters. The van der Waals surface area contributed by atoms with E-state index in [1.54, 1.807) is 24.4 Å². The highest BCUT2D eigenvalue weighted by Gasteiger charge is 2.07. The summed E-state index contributed by atoms with van der Waals surface area (Å²) >= 11 is 11.8. The first-order chi connectivity index (χ1) is 11.1. The molecule has 6 nitrogen and oxygen atoms in total. The standard InChI is InChI=1S/C15H16Cl2N4O2/c1-2-18-15(22)8-21-14-5-13(12(17)7-20-14)23-9-11-4-3-10(16)6-19-11/h3-7H,2,8-9H2,1H3,(H,18,22)(H,20,21). The van der Waals surface area contributed by atoms with Crippen LogP contribution in [0.3, 0.4) is 0 Å². The fraction of sp³-hybridized carbons (Fsp3) is 0.267. The zero-order valence-electron chi connectivity index (χ0n) is 12.5. The number of aromatic nitrogens is 2. The van der Waals surface area contributed by atoms with Gasteiger partial charge in [0.2, 0.25) is 5.91 Å². The lowest BCUT2D eigenvalue weighted by molar-refractivity contribution is -0.119. The Kier molecular flexibility index (Phi) is 6.43. The summed E-state index contributed by atoms with van der Waals surface area (Å²) in [5.41, 5.74) is 0.721. The first-order valence-corrected chi connectivity index (χ1v) is 7.73. The fourth-order valence-corrected chi connectivity index (χ4v) is 1.97. The quantitative estimate of drug-likeness (QED) is 0.799. The van der Waals surface area contributed by atoms with Crippen molar-refractivity contribution in [2.24, 2.45) is 0 Å². The Balaban J connectivity index is 1.96. The number of rotatable bonds is 7. The molecule has 0 aliphatic carbocycles. The van der Waals surface area contributed by atoms with Crippen LogP contribution in [-0.2, 0) is 11.4 Å². The van der Waals surface area contributed by atoms with E-state index >= 15 is 0 Å². The van der Waals surface area contributed by atoms with Crippen LogP contribution in [0.4, 0.5) is 5.82 Å². The molecule has 0 radical (unpaired) electrons. The Morgan fingerprint density at radius 3 is 2.78 bits per heavy atom. The molecule has 2 N–H and O–H groups in total. The van der Waals surface area contributed by atoms with Gasteiger partial charge in [0.1, 0.15) is 23.2 Å². The molecule has 2 aromatic heterocycles. The molecule has 1 amide bonds. The smallest absolute Gasteiger partial charge is 0.239 e. The number of hydrogen-bond donors (Lipinski definition) is 2. The van der Waals surface area contributed by atoms with E-state index in [9.17, 15) is 4.79 Å². The predicted molar refractivity (Wildman–Crippen MR) is 90.0 cm³/mol. The topological polar surface area (TPSA) is 76.1 Å². The zero-order valence-corrected chi connectivity index (χ0v) is 14.0. The minimum absolute atomic E-state index is 0.114. The predicted octanol–water partition coefficient (Wildman–Crippen LogP) is 2.91. The zero-order chi connectivity index (χ0) is 16.7. The van der Waals surface area contributed by atoms with E-state index in [4.69, 9.17) is 27.9 Å². The Bertz CT molecular complexity index is 665. The molecule has 2 aromatic rings. The second kappa shape index (κ2) is 8.55. The molecular formula is C15H16Cl2N4O2. The Morgan fingerprint density at radius 2 is 2.09 bits per heavy atom. The van der Waals surface area contributed by atoms with Gasteiger partial charge in [-0.15, -0.1) is 0 Å². The molecule has 0 fully saturated rings. The summed E-state index contributed by atoms with van der Waals surface area (Å²) in [6.45, 7) is 2.81. The van der Waals surface area contributed by atoms with Gasteiger partial charge in [-0.1, -0.05) is 23.2 Å². The Morgan fingerprint density at radius 1 is 1.26 bits per heavy atom. The highest BCUT2D eigenvalue weighted by atomic mass is 35.5. The van der Waals surface area contributed by atoms with Crippen molar-refractivity contribution in [3.63, 3.8) is 0 Å². The van der Waals surface area contributed by atoms with Crippen molar-refractivity contribution in [1.82, 2.24) is 15.3 Å². The number of ether oxygens (including phenoxy) is 1. The number of likely N-dealkylation sites (N-methyl/N-ethyl adjacent to an activating group) is 1. The van der Waals surface area contributed by atoms with Gasteiger partial charge in [0, 0.05) is 18.8 Å². The third-order valence-electron chi connectivity index (χ3n) is 2.79. The first-order valence-electron chi connectivity index (χ1n) is 6.98. The number of nitrogens with zero attached hydrogens (tertiary/aromatic N) is 2. The van der Waals surface area contributed by atoms with Crippen LogP contribution in [0.5, 0.6) is 5.75 Å². The molecule has 0 aromatic carbocycles. The lowest BCUT2D eigenvalue weighted by Crippen LogP contribution is -2.29. The number of anilines is 1. The van der Waals surface area contributed by atoms with Crippen LogP contribution in [0.1, 0.15) is 12.6 Å². The van der Waals surface area contributed by atoms with E-state index in [0.29, 0.717) is 28.2 Å². The van der Waals surface area contributed by atoms with Gasteiger partial charge in [-0.05, 0) is 19.1 Å². The molecule has 8 heteroatoms. The van der Waals surface area contributed by atoms with Gasteiger partial charge in [-0.25, -0.2) is 4.98 Å². The van der Waals surface area contributed by atoms with Crippen molar-refractivity contribution in [3.8, 4) is 5.75 Å². The number of pyridine rings is 2. The maximum Gasteiger partial charge on any atom is 0.239 e. The van der Waals surface area contributed by atoms with Gasteiger partial charge in [-0.2, -0.15) is 0 Å². The third-order valence-corrected chi connectivity index (χ3v) is 3.30. The Hall–Kier alpha value is -2.05. The van der Waals surface area contributed by atoms with Gasteiger partial charge in [0.05, 0.1) is 23.5 Å². The van der Waals surface area contributed by atoms with E-state index in [0.717, 1.165) is 5.69 Å². The highest BCUT2D eigenvalue weighted by Crippen LogP contribution is 2.26. The summed E-state index contributed by atoms with van der Waals surface area (Å²) < 4.78 is 5.64. The van der Waals surface area contributed by atoms with Crippen molar-refractivity contribution in [3.05, 3.63) is 46.3 Å². The number of carbonyl (C=O) groups excluding carboxylic acids is 1. The summed E-state index contributed by atoms with van der Waals surface area (Å²) in [6, 6.07) is 5.14. The number of amides is 1. The van der Waals surface area contributed by atoms with Crippen LogP contribution in [0, 0.1) is 0 Å². The first kappa shape index (κ1) is 17.3. The van der Waals surface area contributed by atoms with E-state index in [-0.39, 0.29) is 19.1 Å². The van der Waals surface area contributed by atoms with Crippen LogP contribution in [0.2, 0.25) is 10.0 Å². The second-order valence-electron chi connectivity index (χ2n) is 4.56. The van der Waals surface area contributed by atoms with Crippen LogP contribution >= 0.6 is 23.2 Å². The molecule has 0 saturated heterocycles. The van der Waals surface area contributed by atoms with Crippen LogP contribution in [0.25, 0.3) is 0 Å². The third kappa shape index (κ3) is 5.58. The number of hydrogen-bond acceptors (Lipinski definition) is 5. The van der Waals surface area contributed by atoms with E-state index in [1.807, 2.05) is 6.92 Å². The van der Waals surface area contributed by atoms with Crippen molar-refractivity contribution in [1.29, 1.82) is 0 Å². The van der Waals surface area contributed by atoms with Crippen LogP contribution < -0.4 is 15.4 Å². The number of nitrogens with one attached hydrogen (secondary N) is 2. The van der Waals surface area contributed by atoms with Gasteiger partial charge < -0.3 is 15.4 Å². The average molecular weight is 355 g/mol. The molecule has 2 rings (SSSR count). The largest absolute Gasteiger partial charge is 0.486 e. The van der Waals surface area contributed by atoms with Gasteiger partial charge in [-0.3, -0.25) is 9.78 Å². The maximum atomic E-state index is 11.4. The molecule has 23 heavy (non-hydrogen) atoms. The van der Waals surface area contributed by atoms with E-state index < -0.39 is 0 Å². The van der Waals surface area contributed by atoms with Crippen LogP contribution in [-0.4, -0.2) is 29.0 Å².